The highest BCUT2D eigenvalue weighted by Gasteiger charge is 2.15. The van der Waals surface area contributed by atoms with E-state index < -0.39 is 0 Å². The minimum Gasteiger partial charge on any atom is -0.370 e. The highest BCUT2D eigenvalue weighted by molar-refractivity contribution is 5.85. The molecule has 108 valence electrons. The molecular weight excluding hydrogens is 274 g/mol. The maximum Gasteiger partial charge on any atom is 0.253 e. The zero-order valence-electron chi connectivity index (χ0n) is 12.1. The molecule has 20 heavy (non-hydrogen) atoms. The lowest BCUT2D eigenvalue weighted by Gasteiger charge is -2.19. The molecule has 6 heteroatoms. The molecule has 2 rings (SSSR count). The molecule has 0 saturated carbocycles. The second-order valence-electron chi connectivity index (χ2n) is 5.63. The lowest BCUT2D eigenvalue weighted by Crippen LogP contribution is -2.22. The Kier molecular flexibility index (Phi) is 4.55. The highest BCUT2D eigenvalue weighted by Crippen LogP contribution is 2.27. The van der Waals surface area contributed by atoms with Crippen molar-refractivity contribution in [3.05, 3.63) is 29.5 Å². The van der Waals surface area contributed by atoms with Crippen molar-refractivity contribution in [3.63, 3.8) is 0 Å². The third-order valence-corrected chi connectivity index (χ3v) is 2.97. The maximum absolute atomic E-state index is 5.35. The Bertz CT molecular complexity index is 654. The first-order chi connectivity index (χ1) is 8.77. The molecule has 0 saturated heterocycles. The fourth-order valence-electron chi connectivity index (χ4n) is 1.90. The Balaban J connectivity index is 0.00000200. The Morgan fingerprint density at radius 3 is 2.35 bits per heavy atom. The molecule has 1 aromatic carbocycles. The summed E-state index contributed by atoms with van der Waals surface area (Å²) in [5.41, 5.74) is 13.8. The van der Waals surface area contributed by atoms with Gasteiger partial charge in [0, 0.05) is 5.39 Å². The van der Waals surface area contributed by atoms with Crippen LogP contribution in [0.4, 0.5) is 5.95 Å². The van der Waals surface area contributed by atoms with Gasteiger partial charge in [-0.05, 0) is 30.0 Å². The van der Waals surface area contributed by atoms with Crippen LogP contribution in [0.3, 0.4) is 0 Å². The second kappa shape index (κ2) is 5.63. The Labute approximate surface area is 124 Å². The van der Waals surface area contributed by atoms with Crippen LogP contribution in [0.1, 0.15) is 32.0 Å². The maximum atomic E-state index is 5.35. The summed E-state index contributed by atoms with van der Waals surface area (Å²) < 4.78 is 0. The van der Waals surface area contributed by atoms with Crippen LogP contribution in [0.5, 0.6) is 0 Å². The van der Waals surface area contributed by atoms with Crippen LogP contribution in [-0.4, -0.2) is 15.9 Å². The number of nitrogens with two attached hydrogens (primary N) is 2. The number of hydrogen-bond acceptors (Lipinski definition) is 3. The second-order valence-corrected chi connectivity index (χ2v) is 5.63. The average Bonchev–Trinajstić information content (AvgIpc) is 2.26. The Hall–Kier alpha value is -1.88. The van der Waals surface area contributed by atoms with E-state index in [1.165, 1.54) is 5.56 Å². The van der Waals surface area contributed by atoms with Crippen molar-refractivity contribution >= 4 is 35.2 Å². The minimum atomic E-state index is -0.0370. The van der Waals surface area contributed by atoms with E-state index in [0.29, 0.717) is 5.95 Å². The van der Waals surface area contributed by atoms with Crippen LogP contribution < -0.4 is 11.5 Å². The van der Waals surface area contributed by atoms with Gasteiger partial charge in [0.2, 0.25) is 0 Å². The molecule has 0 radical (unpaired) electrons. The number of aromatic nitrogens is 2. The van der Waals surface area contributed by atoms with Crippen molar-refractivity contribution in [3.8, 4) is 0 Å². The summed E-state index contributed by atoms with van der Waals surface area (Å²) in [6, 6.07) is 6.19. The minimum absolute atomic E-state index is 0. The molecule has 0 fully saturated rings. The summed E-state index contributed by atoms with van der Waals surface area (Å²) in [6.45, 7) is 8.47. The van der Waals surface area contributed by atoms with Crippen molar-refractivity contribution in [2.24, 2.45) is 16.5 Å². The first kappa shape index (κ1) is 16.2. The molecule has 0 aliphatic heterocycles. The molecule has 2 aromatic rings. The topological polar surface area (TPSA) is 90.2 Å². The van der Waals surface area contributed by atoms with Gasteiger partial charge in [0.1, 0.15) is 0 Å². The molecular formula is C14H20ClN5. The van der Waals surface area contributed by atoms with Gasteiger partial charge in [-0.25, -0.2) is 9.97 Å². The average molecular weight is 294 g/mol. The highest BCUT2D eigenvalue weighted by atomic mass is 35.5. The molecule has 5 nitrogen and oxygen atoms in total. The SMILES string of the molecule is Cc1nc(N=C(N)N)nc2ccc(C(C)(C)C)cc12.Cl. The van der Waals surface area contributed by atoms with Crippen molar-refractivity contribution in [2.75, 3.05) is 0 Å². The van der Waals surface area contributed by atoms with Crippen LogP contribution in [0.2, 0.25) is 0 Å². The third kappa shape index (κ3) is 3.36. The van der Waals surface area contributed by atoms with Crippen molar-refractivity contribution < 1.29 is 0 Å². The summed E-state index contributed by atoms with van der Waals surface area (Å²) in [5, 5.41) is 1.03. The van der Waals surface area contributed by atoms with E-state index in [4.69, 9.17) is 11.5 Å². The van der Waals surface area contributed by atoms with E-state index in [-0.39, 0.29) is 23.8 Å². The quantitative estimate of drug-likeness (QED) is 0.624. The van der Waals surface area contributed by atoms with Crippen LogP contribution in [0.25, 0.3) is 10.9 Å². The monoisotopic (exact) mass is 293 g/mol. The van der Waals surface area contributed by atoms with Gasteiger partial charge in [0.25, 0.3) is 5.95 Å². The number of hydrogen-bond donors (Lipinski definition) is 2. The number of fused-ring (bicyclic) bond motifs is 1. The fraction of sp³-hybridized carbons (Fsp3) is 0.357. The van der Waals surface area contributed by atoms with Crippen molar-refractivity contribution in [1.82, 2.24) is 9.97 Å². The fourth-order valence-corrected chi connectivity index (χ4v) is 1.90. The molecule has 0 amide bonds. The number of rotatable bonds is 1. The molecule has 0 aliphatic rings. The number of nitrogens with zero attached hydrogens (tertiary/aromatic N) is 3. The first-order valence-corrected chi connectivity index (χ1v) is 6.16. The largest absolute Gasteiger partial charge is 0.370 e. The number of benzene rings is 1. The van der Waals surface area contributed by atoms with Gasteiger partial charge >= 0.3 is 0 Å². The van der Waals surface area contributed by atoms with Gasteiger partial charge in [-0.2, -0.15) is 4.99 Å². The van der Waals surface area contributed by atoms with Crippen LogP contribution >= 0.6 is 12.4 Å². The smallest absolute Gasteiger partial charge is 0.253 e. The van der Waals surface area contributed by atoms with Gasteiger partial charge in [-0.15, -0.1) is 12.4 Å². The summed E-state index contributed by atoms with van der Waals surface area (Å²) in [6.07, 6.45) is 0. The van der Waals surface area contributed by atoms with Crippen LogP contribution in [-0.2, 0) is 5.41 Å². The summed E-state index contributed by atoms with van der Waals surface area (Å²) in [7, 11) is 0. The number of halogens is 1. The zero-order valence-corrected chi connectivity index (χ0v) is 13.0. The van der Waals surface area contributed by atoms with Gasteiger partial charge in [0.05, 0.1) is 11.2 Å². The number of aryl methyl sites for hydroxylation is 1. The van der Waals surface area contributed by atoms with Crippen LogP contribution in [0.15, 0.2) is 23.2 Å². The van der Waals surface area contributed by atoms with E-state index in [9.17, 15) is 0 Å². The Morgan fingerprint density at radius 2 is 1.80 bits per heavy atom. The lowest BCUT2D eigenvalue weighted by atomic mass is 9.86. The van der Waals surface area contributed by atoms with Gasteiger partial charge < -0.3 is 11.5 Å². The van der Waals surface area contributed by atoms with E-state index in [1.807, 2.05) is 13.0 Å². The third-order valence-electron chi connectivity index (χ3n) is 2.97. The van der Waals surface area contributed by atoms with Gasteiger partial charge in [-0.3, -0.25) is 0 Å². The molecule has 4 N–H and O–H groups in total. The van der Waals surface area contributed by atoms with Crippen LogP contribution in [0, 0.1) is 6.92 Å². The molecule has 0 atom stereocenters. The molecule has 0 aliphatic carbocycles. The normalized spacial score (nSPS) is 11.0. The van der Waals surface area contributed by atoms with E-state index in [2.05, 4.69) is 47.9 Å². The predicted octanol–water partition coefficient (Wildman–Crippen LogP) is 2.56. The van der Waals surface area contributed by atoms with E-state index >= 15 is 0 Å². The molecule has 0 bridgehead atoms. The molecule has 1 aromatic heterocycles. The van der Waals surface area contributed by atoms with Crippen molar-refractivity contribution in [2.45, 2.75) is 33.1 Å². The Morgan fingerprint density at radius 1 is 1.15 bits per heavy atom. The van der Waals surface area contributed by atoms with E-state index in [0.717, 1.165) is 16.6 Å². The number of aliphatic imine (C=N–C) groups is 1. The van der Waals surface area contributed by atoms with Gasteiger partial charge in [0.15, 0.2) is 5.96 Å². The molecule has 0 unspecified atom stereocenters. The van der Waals surface area contributed by atoms with Crippen molar-refractivity contribution in [1.29, 1.82) is 0 Å². The molecule has 0 spiro atoms. The summed E-state index contributed by atoms with van der Waals surface area (Å²) >= 11 is 0. The predicted molar refractivity (Wildman–Crippen MR) is 85.7 cm³/mol. The summed E-state index contributed by atoms with van der Waals surface area (Å²) in [5.74, 6) is 0.263. The lowest BCUT2D eigenvalue weighted by molar-refractivity contribution is 0.591. The standard InChI is InChI=1S/C14H19N5.ClH/c1-8-10-7-9(14(2,3)4)5-6-11(10)18-13(17-8)19-12(15)16;/h5-7H,1-4H3,(H4,15,16,17,18,19);1H. The first-order valence-electron chi connectivity index (χ1n) is 6.16. The molecule has 1 heterocycles. The summed E-state index contributed by atoms with van der Waals surface area (Å²) in [4.78, 5) is 12.5. The van der Waals surface area contributed by atoms with Gasteiger partial charge in [-0.1, -0.05) is 26.8 Å². The zero-order chi connectivity index (χ0) is 14.2. The number of guanidine groups is 1. The van der Waals surface area contributed by atoms with E-state index in [1.54, 1.807) is 0 Å².